The Hall–Kier alpha value is -4.51. The Labute approximate surface area is 203 Å². The Balaban J connectivity index is 1.41. The Bertz CT molecular complexity index is 1490. The SMILES string of the molecule is c1ccc(CC(CN(c2ccccc2)c2nc3c(-n4cccc4)coc3o2)c2ccccc2)cc1. The molecular weight excluding hydrogens is 434 g/mol. The zero-order chi connectivity index (χ0) is 23.5. The lowest BCUT2D eigenvalue weighted by atomic mass is 9.91. The van der Waals surface area contributed by atoms with Crippen LogP contribution >= 0.6 is 0 Å². The highest BCUT2D eigenvalue weighted by Crippen LogP contribution is 2.34. The molecule has 3 aromatic carbocycles. The fourth-order valence-corrected chi connectivity index (χ4v) is 4.53. The van der Waals surface area contributed by atoms with Crippen molar-refractivity contribution in [2.24, 2.45) is 0 Å². The Morgan fingerprint density at radius 2 is 1.43 bits per heavy atom. The normalized spacial score (nSPS) is 12.1. The van der Waals surface area contributed by atoms with E-state index in [2.05, 4.69) is 77.7 Å². The van der Waals surface area contributed by atoms with Crippen LogP contribution in [0.4, 0.5) is 11.7 Å². The van der Waals surface area contributed by atoms with Crippen LogP contribution in [0, 0.1) is 0 Å². The van der Waals surface area contributed by atoms with Crippen LogP contribution in [0.1, 0.15) is 17.0 Å². The van der Waals surface area contributed by atoms with Crippen LogP contribution in [0.3, 0.4) is 0 Å². The molecule has 0 aliphatic carbocycles. The highest BCUT2D eigenvalue weighted by atomic mass is 16.5. The summed E-state index contributed by atoms with van der Waals surface area (Å²) in [5, 5.41) is 0. The monoisotopic (exact) mass is 459 g/mol. The third-order valence-electron chi connectivity index (χ3n) is 6.29. The molecule has 35 heavy (non-hydrogen) atoms. The smallest absolute Gasteiger partial charge is 0.321 e. The lowest BCUT2D eigenvalue weighted by Gasteiger charge is -2.27. The van der Waals surface area contributed by atoms with E-state index in [-0.39, 0.29) is 5.92 Å². The molecule has 0 amide bonds. The molecule has 0 N–H and O–H groups in total. The molecule has 1 atom stereocenters. The molecule has 6 aromatic rings. The number of nitrogens with zero attached hydrogens (tertiary/aromatic N) is 3. The highest BCUT2D eigenvalue weighted by Gasteiger charge is 2.25. The van der Waals surface area contributed by atoms with Gasteiger partial charge in [0.1, 0.15) is 12.0 Å². The molecule has 5 nitrogen and oxygen atoms in total. The number of anilines is 2. The van der Waals surface area contributed by atoms with Gasteiger partial charge in [-0.3, -0.25) is 4.90 Å². The van der Waals surface area contributed by atoms with Crippen molar-refractivity contribution in [3.05, 3.63) is 133 Å². The van der Waals surface area contributed by atoms with Crippen LogP contribution in [0.5, 0.6) is 0 Å². The number of para-hydroxylation sites is 1. The summed E-state index contributed by atoms with van der Waals surface area (Å²) < 4.78 is 13.9. The summed E-state index contributed by atoms with van der Waals surface area (Å²) in [7, 11) is 0. The summed E-state index contributed by atoms with van der Waals surface area (Å²) in [5.74, 6) is 0.643. The van der Waals surface area contributed by atoms with Crippen LogP contribution in [-0.4, -0.2) is 16.1 Å². The first-order valence-electron chi connectivity index (χ1n) is 11.8. The Morgan fingerprint density at radius 1 is 0.771 bits per heavy atom. The fraction of sp³-hybridized carbons (Fsp3) is 0.100. The van der Waals surface area contributed by atoms with Crippen LogP contribution in [-0.2, 0) is 6.42 Å². The third kappa shape index (κ3) is 4.36. The summed E-state index contributed by atoms with van der Waals surface area (Å²) in [6.07, 6.45) is 6.53. The lowest BCUT2D eigenvalue weighted by Crippen LogP contribution is -2.25. The molecule has 6 rings (SSSR count). The molecule has 3 heterocycles. The second-order valence-electron chi connectivity index (χ2n) is 8.59. The van der Waals surface area contributed by atoms with Gasteiger partial charge in [-0.25, -0.2) is 0 Å². The summed E-state index contributed by atoms with van der Waals surface area (Å²) in [6, 6.07) is 36.0. The van der Waals surface area contributed by atoms with Crippen LogP contribution < -0.4 is 4.90 Å². The van der Waals surface area contributed by atoms with E-state index < -0.39 is 0 Å². The molecule has 3 aromatic heterocycles. The molecule has 0 fully saturated rings. The van der Waals surface area contributed by atoms with Gasteiger partial charge < -0.3 is 13.4 Å². The minimum atomic E-state index is 0.223. The fourth-order valence-electron chi connectivity index (χ4n) is 4.53. The van der Waals surface area contributed by atoms with E-state index in [0.29, 0.717) is 23.9 Å². The van der Waals surface area contributed by atoms with Gasteiger partial charge >= 0.3 is 11.8 Å². The van der Waals surface area contributed by atoms with Gasteiger partial charge in [0.2, 0.25) is 0 Å². The van der Waals surface area contributed by atoms with Gasteiger partial charge in [0.05, 0.1) is 0 Å². The maximum atomic E-state index is 6.19. The minimum absolute atomic E-state index is 0.223. The third-order valence-corrected chi connectivity index (χ3v) is 6.29. The number of hydrogen-bond acceptors (Lipinski definition) is 4. The van der Waals surface area contributed by atoms with Crippen LogP contribution in [0.15, 0.2) is 131 Å². The van der Waals surface area contributed by atoms with Gasteiger partial charge in [-0.05, 0) is 41.8 Å². The van der Waals surface area contributed by atoms with E-state index in [1.54, 1.807) is 6.26 Å². The molecule has 0 spiro atoms. The van der Waals surface area contributed by atoms with Crippen molar-refractivity contribution in [1.29, 1.82) is 0 Å². The van der Waals surface area contributed by atoms with Crippen molar-refractivity contribution < 1.29 is 8.83 Å². The summed E-state index contributed by atoms with van der Waals surface area (Å²) >= 11 is 0. The van der Waals surface area contributed by atoms with E-state index in [1.165, 1.54) is 11.1 Å². The van der Waals surface area contributed by atoms with Gasteiger partial charge in [0.25, 0.3) is 0 Å². The zero-order valence-electron chi connectivity index (χ0n) is 19.2. The largest absolute Gasteiger partial charge is 0.430 e. The zero-order valence-corrected chi connectivity index (χ0v) is 19.2. The molecule has 0 aliphatic heterocycles. The molecule has 0 aliphatic rings. The van der Waals surface area contributed by atoms with E-state index in [9.17, 15) is 0 Å². The first-order chi connectivity index (χ1) is 17.3. The first-order valence-corrected chi connectivity index (χ1v) is 11.8. The number of benzene rings is 3. The Kier molecular flexibility index (Phi) is 5.65. The van der Waals surface area contributed by atoms with Gasteiger partial charge in [0, 0.05) is 30.5 Å². The number of rotatable bonds is 8. The minimum Gasteiger partial charge on any atom is -0.430 e. The van der Waals surface area contributed by atoms with Gasteiger partial charge in [-0.15, -0.1) is 0 Å². The lowest BCUT2D eigenvalue weighted by molar-refractivity contribution is 0.470. The van der Waals surface area contributed by atoms with Crippen LogP contribution in [0.25, 0.3) is 17.0 Å². The topological polar surface area (TPSA) is 47.3 Å². The van der Waals surface area contributed by atoms with Crippen molar-refractivity contribution in [1.82, 2.24) is 9.55 Å². The quantitative estimate of drug-likeness (QED) is 0.238. The van der Waals surface area contributed by atoms with Crippen molar-refractivity contribution in [2.75, 3.05) is 11.4 Å². The molecule has 172 valence electrons. The van der Waals surface area contributed by atoms with E-state index in [1.807, 2.05) is 47.3 Å². The number of fused-ring (bicyclic) bond motifs is 1. The maximum Gasteiger partial charge on any atom is 0.321 e. The molecule has 0 bridgehead atoms. The van der Waals surface area contributed by atoms with Crippen molar-refractivity contribution >= 4 is 23.0 Å². The maximum absolute atomic E-state index is 6.19. The number of aromatic nitrogens is 2. The molecule has 0 saturated heterocycles. The first kappa shape index (κ1) is 21.1. The van der Waals surface area contributed by atoms with Gasteiger partial charge in [-0.2, -0.15) is 4.98 Å². The molecule has 0 radical (unpaired) electrons. The average molecular weight is 460 g/mol. The number of furan rings is 1. The molecule has 5 heteroatoms. The second-order valence-corrected chi connectivity index (χ2v) is 8.59. The van der Waals surface area contributed by atoms with Crippen molar-refractivity contribution in [3.8, 4) is 5.69 Å². The van der Waals surface area contributed by atoms with E-state index in [0.717, 1.165) is 17.8 Å². The number of oxazole rings is 1. The standard InChI is InChI=1S/C30H25N3O2/c1-4-12-23(13-5-1)20-25(24-14-6-2-7-15-24)21-33(26-16-8-3-9-17-26)30-31-28-27(22-34-29(28)35-30)32-18-10-11-19-32/h1-19,22,25H,20-21H2. The highest BCUT2D eigenvalue weighted by molar-refractivity contribution is 5.80. The average Bonchev–Trinajstić information content (AvgIpc) is 3.66. The van der Waals surface area contributed by atoms with Gasteiger partial charge in [-0.1, -0.05) is 78.9 Å². The summed E-state index contributed by atoms with van der Waals surface area (Å²) in [6.45, 7) is 0.699. The van der Waals surface area contributed by atoms with Crippen molar-refractivity contribution in [2.45, 2.75) is 12.3 Å². The molecular formula is C30H25N3O2. The second kappa shape index (κ2) is 9.39. The Morgan fingerprint density at radius 3 is 2.14 bits per heavy atom. The van der Waals surface area contributed by atoms with Crippen LogP contribution in [0.2, 0.25) is 0 Å². The summed E-state index contributed by atoms with van der Waals surface area (Å²) in [4.78, 5) is 7.05. The predicted molar refractivity (Wildman–Crippen MR) is 138 cm³/mol. The van der Waals surface area contributed by atoms with Crippen molar-refractivity contribution in [3.63, 3.8) is 0 Å². The van der Waals surface area contributed by atoms with Gasteiger partial charge in [0.15, 0.2) is 5.52 Å². The van der Waals surface area contributed by atoms with E-state index in [4.69, 9.17) is 13.8 Å². The predicted octanol–water partition coefficient (Wildman–Crippen LogP) is 7.38. The molecule has 1 unspecified atom stereocenters. The number of hydrogen-bond donors (Lipinski definition) is 0. The molecule has 0 saturated carbocycles. The van der Waals surface area contributed by atoms with E-state index >= 15 is 0 Å². The summed E-state index contributed by atoms with van der Waals surface area (Å²) in [5.41, 5.74) is 5.16.